The molecule has 0 atom stereocenters. The lowest BCUT2D eigenvalue weighted by Gasteiger charge is -2.14. The van der Waals surface area contributed by atoms with E-state index in [-0.39, 0.29) is 5.96 Å². The van der Waals surface area contributed by atoms with Gasteiger partial charge in [-0.1, -0.05) is 71.2 Å². The van der Waals surface area contributed by atoms with Crippen LogP contribution in [0, 0.1) is 5.41 Å². The van der Waals surface area contributed by atoms with Gasteiger partial charge in [0.25, 0.3) is 0 Å². The molecule has 0 aliphatic heterocycles. The Morgan fingerprint density at radius 3 is 2.22 bits per heavy atom. The van der Waals surface area contributed by atoms with Crippen molar-refractivity contribution in [1.82, 2.24) is 0 Å². The molecule has 0 radical (unpaired) electrons. The van der Waals surface area contributed by atoms with E-state index < -0.39 is 0 Å². The summed E-state index contributed by atoms with van der Waals surface area (Å²) in [5.74, 6) is 0.0849. The van der Waals surface area contributed by atoms with Crippen molar-refractivity contribution in [2.75, 3.05) is 10.6 Å². The monoisotopic (exact) mass is 363 g/mol. The molecule has 116 valence electrons. The molecule has 3 rings (SSSR count). The molecular weight excluding hydrogens is 353 g/mol. The minimum absolute atomic E-state index is 0.0849. The number of nitrogens with one attached hydrogen (secondary N) is 3. The SMILES string of the molecule is N=C(Nc1cc(Cl)c(Cl)cc1Cl)Nc1cccc2ccccc12. The van der Waals surface area contributed by atoms with E-state index in [0.717, 1.165) is 16.5 Å². The van der Waals surface area contributed by atoms with Crippen LogP contribution < -0.4 is 10.6 Å². The second-order valence-corrected chi connectivity index (χ2v) is 6.12. The highest BCUT2D eigenvalue weighted by molar-refractivity contribution is 6.44. The normalized spacial score (nSPS) is 10.6. The fraction of sp³-hybridized carbons (Fsp3) is 0. The zero-order chi connectivity index (χ0) is 16.4. The van der Waals surface area contributed by atoms with E-state index in [1.165, 1.54) is 0 Å². The summed E-state index contributed by atoms with van der Waals surface area (Å²) in [6.45, 7) is 0. The maximum atomic E-state index is 8.10. The molecule has 0 amide bonds. The molecule has 0 aliphatic carbocycles. The van der Waals surface area contributed by atoms with Gasteiger partial charge in [0, 0.05) is 11.1 Å². The Kier molecular flexibility index (Phi) is 4.62. The molecule has 0 fully saturated rings. The second-order valence-electron chi connectivity index (χ2n) is 4.90. The van der Waals surface area contributed by atoms with Crippen molar-refractivity contribution in [3.05, 3.63) is 69.7 Å². The summed E-state index contributed by atoms with van der Waals surface area (Å²) >= 11 is 18.0. The zero-order valence-corrected chi connectivity index (χ0v) is 14.1. The molecule has 3 aromatic carbocycles. The van der Waals surface area contributed by atoms with Crippen molar-refractivity contribution in [2.45, 2.75) is 0 Å². The summed E-state index contributed by atoms with van der Waals surface area (Å²) in [6.07, 6.45) is 0. The number of halogens is 3. The Labute approximate surface area is 148 Å². The number of anilines is 2. The van der Waals surface area contributed by atoms with Crippen molar-refractivity contribution >= 4 is 62.9 Å². The Morgan fingerprint density at radius 2 is 1.39 bits per heavy atom. The summed E-state index contributed by atoms with van der Waals surface area (Å²) in [4.78, 5) is 0. The van der Waals surface area contributed by atoms with Crippen LogP contribution in [0.3, 0.4) is 0 Å². The highest BCUT2D eigenvalue weighted by atomic mass is 35.5. The first kappa shape index (κ1) is 15.9. The van der Waals surface area contributed by atoms with Crippen LogP contribution in [0.5, 0.6) is 0 Å². The molecule has 0 heterocycles. The summed E-state index contributed by atoms with van der Waals surface area (Å²) in [5.41, 5.74) is 1.34. The lowest BCUT2D eigenvalue weighted by atomic mass is 10.1. The summed E-state index contributed by atoms with van der Waals surface area (Å²) in [7, 11) is 0. The number of guanidine groups is 1. The third-order valence-corrected chi connectivity index (χ3v) is 4.35. The molecule has 0 unspecified atom stereocenters. The topological polar surface area (TPSA) is 47.9 Å². The van der Waals surface area contributed by atoms with Crippen molar-refractivity contribution < 1.29 is 0 Å². The minimum atomic E-state index is 0.0849. The van der Waals surface area contributed by atoms with E-state index in [1.807, 2.05) is 42.5 Å². The van der Waals surface area contributed by atoms with Gasteiger partial charge >= 0.3 is 0 Å². The van der Waals surface area contributed by atoms with Gasteiger partial charge in [-0.3, -0.25) is 5.41 Å². The number of hydrogen-bond donors (Lipinski definition) is 3. The summed E-state index contributed by atoms with van der Waals surface area (Å²) in [6, 6.07) is 17.0. The number of fused-ring (bicyclic) bond motifs is 1. The molecule has 0 saturated heterocycles. The third kappa shape index (κ3) is 3.53. The lowest BCUT2D eigenvalue weighted by Crippen LogP contribution is -2.20. The molecule has 0 aliphatic rings. The van der Waals surface area contributed by atoms with Gasteiger partial charge in [-0.2, -0.15) is 0 Å². The van der Waals surface area contributed by atoms with E-state index in [2.05, 4.69) is 10.6 Å². The standard InChI is InChI=1S/C17H12Cl3N3/c18-12-8-14(20)16(9-13(12)19)23-17(21)22-15-7-3-5-10-4-1-2-6-11(10)15/h1-9H,(H3,21,22,23). The predicted octanol–water partition coefficient (Wildman–Crippen LogP) is 6.26. The van der Waals surface area contributed by atoms with Crippen LogP contribution in [0.15, 0.2) is 54.6 Å². The molecule has 23 heavy (non-hydrogen) atoms. The van der Waals surface area contributed by atoms with E-state index in [9.17, 15) is 0 Å². The molecular formula is C17H12Cl3N3. The smallest absolute Gasteiger partial charge is 0.197 e. The maximum Gasteiger partial charge on any atom is 0.197 e. The van der Waals surface area contributed by atoms with Gasteiger partial charge in [0.1, 0.15) is 0 Å². The molecule has 3 aromatic rings. The first-order valence-electron chi connectivity index (χ1n) is 6.79. The Hall–Kier alpha value is -1.94. The largest absolute Gasteiger partial charge is 0.326 e. The van der Waals surface area contributed by atoms with Crippen LogP contribution in [0.1, 0.15) is 0 Å². The van der Waals surface area contributed by atoms with Gasteiger partial charge in [-0.25, -0.2) is 0 Å². The molecule has 0 aromatic heterocycles. The molecule has 3 N–H and O–H groups in total. The van der Waals surface area contributed by atoms with Crippen molar-refractivity contribution in [2.24, 2.45) is 0 Å². The van der Waals surface area contributed by atoms with Crippen LogP contribution in [-0.2, 0) is 0 Å². The maximum absolute atomic E-state index is 8.10. The average Bonchev–Trinajstić information content (AvgIpc) is 2.53. The van der Waals surface area contributed by atoms with Crippen molar-refractivity contribution in [3.63, 3.8) is 0 Å². The first-order valence-corrected chi connectivity index (χ1v) is 7.93. The lowest BCUT2D eigenvalue weighted by molar-refractivity contribution is 1.44. The molecule has 3 nitrogen and oxygen atoms in total. The van der Waals surface area contributed by atoms with Gasteiger partial charge in [0.15, 0.2) is 5.96 Å². The Bertz CT molecular complexity index is 888. The molecule has 6 heteroatoms. The van der Waals surface area contributed by atoms with E-state index in [0.29, 0.717) is 20.8 Å². The van der Waals surface area contributed by atoms with Crippen LogP contribution in [-0.4, -0.2) is 5.96 Å². The average molecular weight is 365 g/mol. The molecule has 0 bridgehead atoms. The molecule has 0 spiro atoms. The van der Waals surface area contributed by atoms with Crippen molar-refractivity contribution in [3.8, 4) is 0 Å². The summed E-state index contributed by atoms with van der Waals surface area (Å²) in [5, 5.41) is 17.3. The van der Waals surface area contributed by atoms with Gasteiger partial charge in [-0.15, -0.1) is 0 Å². The van der Waals surface area contributed by atoms with Crippen LogP contribution in [0.2, 0.25) is 15.1 Å². The third-order valence-electron chi connectivity index (χ3n) is 3.32. The van der Waals surface area contributed by atoms with Gasteiger partial charge in [-0.05, 0) is 23.6 Å². The number of rotatable bonds is 2. The van der Waals surface area contributed by atoms with E-state index in [4.69, 9.17) is 40.2 Å². The highest BCUT2D eigenvalue weighted by Crippen LogP contribution is 2.32. The van der Waals surface area contributed by atoms with Crippen LogP contribution in [0.4, 0.5) is 11.4 Å². The summed E-state index contributed by atoms with van der Waals surface area (Å²) < 4.78 is 0. The fourth-order valence-electron chi connectivity index (χ4n) is 2.25. The first-order chi connectivity index (χ1) is 11.0. The van der Waals surface area contributed by atoms with E-state index >= 15 is 0 Å². The van der Waals surface area contributed by atoms with E-state index in [1.54, 1.807) is 12.1 Å². The van der Waals surface area contributed by atoms with Gasteiger partial charge < -0.3 is 10.6 Å². The number of benzene rings is 3. The fourth-order valence-corrected chi connectivity index (χ4v) is 2.85. The number of hydrogen-bond acceptors (Lipinski definition) is 1. The minimum Gasteiger partial charge on any atom is -0.326 e. The van der Waals surface area contributed by atoms with Crippen LogP contribution in [0.25, 0.3) is 10.8 Å². The zero-order valence-electron chi connectivity index (χ0n) is 11.8. The predicted molar refractivity (Wildman–Crippen MR) is 100 cm³/mol. The second kappa shape index (κ2) is 6.67. The van der Waals surface area contributed by atoms with Gasteiger partial charge in [0.2, 0.25) is 0 Å². The van der Waals surface area contributed by atoms with Crippen LogP contribution >= 0.6 is 34.8 Å². The molecule has 0 saturated carbocycles. The quantitative estimate of drug-likeness (QED) is 0.285. The highest BCUT2D eigenvalue weighted by Gasteiger charge is 2.08. The van der Waals surface area contributed by atoms with Gasteiger partial charge in [0.05, 0.1) is 20.8 Å². The van der Waals surface area contributed by atoms with Crippen molar-refractivity contribution in [1.29, 1.82) is 5.41 Å². The Balaban J connectivity index is 1.83. The Morgan fingerprint density at radius 1 is 0.739 bits per heavy atom.